The maximum atomic E-state index is 3.64. The van der Waals surface area contributed by atoms with Crippen LogP contribution in [0.3, 0.4) is 0 Å². The Morgan fingerprint density at radius 2 is 1.76 bits per heavy atom. The predicted molar refractivity (Wildman–Crippen MR) is 87.1 cm³/mol. The first-order chi connectivity index (χ1) is 8.17. The monoisotopic (exact) mass is 250 g/mol. The molecule has 0 radical (unpaired) electrons. The number of hydrogen-bond donors (Lipinski definition) is 0. The second kappa shape index (κ2) is 13.2. The van der Waals surface area contributed by atoms with Crippen LogP contribution < -0.4 is 5.30 Å². The van der Waals surface area contributed by atoms with E-state index in [2.05, 4.69) is 60.9 Å². The smallest absolute Gasteiger partial charge is 0.0156 e. The van der Waals surface area contributed by atoms with Gasteiger partial charge in [-0.15, -0.1) is 9.24 Å². The Kier molecular flexibility index (Phi) is 14.4. The quantitative estimate of drug-likeness (QED) is 0.504. The van der Waals surface area contributed by atoms with E-state index in [1.165, 1.54) is 22.9 Å². The van der Waals surface area contributed by atoms with Gasteiger partial charge in [0.2, 0.25) is 0 Å². The lowest BCUT2D eigenvalue weighted by atomic mass is 10.1. The first-order valence-corrected chi connectivity index (χ1v) is 6.89. The fourth-order valence-corrected chi connectivity index (χ4v) is 1.53. The van der Waals surface area contributed by atoms with Crippen molar-refractivity contribution >= 4 is 20.6 Å². The standard InChI is InChI=1S/C11H13P.C3H8.C2H6/c1-3-4-7-10-9(2)6-5-8-11(10)12;1-3-2;1-2/h3-8H,1,12H2,2H3;3H2,1-2H3;1-2H3/b7-4-;;. The molecule has 96 valence electrons. The van der Waals surface area contributed by atoms with Crippen molar-refractivity contribution in [2.24, 2.45) is 0 Å². The Morgan fingerprint density at radius 1 is 1.24 bits per heavy atom. The third-order valence-corrected chi connectivity index (χ3v) is 2.26. The SMILES string of the molecule is C=C/C=C\c1c(C)cccc1P.CC.CCC. The third kappa shape index (κ3) is 8.89. The fourth-order valence-electron chi connectivity index (χ4n) is 1.10. The number of hydrogen-bond acceptors (Lipinski definition) is 0. The molecule has 1 aromatic rings. The van der Waals surface area contributed by atoms with Gasteiger partial charge in [0.05, 0.1) is 0 Å². The van der Waals surface area contributed by atoms with Crippen LogP contribution in [-0.2, 0) is 0 Å². The van der Waals surface area contributed by atoms with Crippen LogP contribution in [0.15, 0.2) is 36.9 Å². The summed E-state index contributed by atoms with van der Waals surface area (Å²) in [6, 6.07) is 6.25. The molecule has 0 saturated heterocycles. The van der Waals surface area contributed by atoms with Crippen LogP contribution in [0.5, 0.6) is 0 Å². The molecular weight excluding hydrogens is 223 g/mol. The summed E-state index contributed by atoms with van der Waals surface area (Å²) in [7, 11) is 2.73. The number of allylic oxidation sites excluding steroid dienone is 2. The highest BCUT2D eigenvalue weighted by Crippen LogP contribution is 2.09. The Morgan fingerprint density at radius 3 is 2.18 bits per heavy atom. The van der Waals surface area contributed by atoms with Gasteiger partial charge in [-0.2, -0.15) is 0 Å². The lowest BCUT2D eigenvalue weighted by molar-refractivity contribution is 1.09. The van der Waals surface area contributed by atoms with Crippen molar-refractivity contribution in [3.05, 3.63) is 48.1 Å². The van der Waals surface area contributed by atoms with Crippen molar-refractivity contribution in [2.75, 3.05) is 0 Å². The van der Waals surface area contributed by atoms with Crippen molar-refractivity contribution in [1.29, 1.82) is 0 Å². The molecule has 0 amide bonds. The summed E-state index contributed by atoms with van der Waals surface area (Å²) in [4.78, 5) is 0. The Bertz CT molecular complexity index is 304. The van der Waals surface area contributed by atoms with Gasteiger partial charge in [0.1, 0.15) is 0 Å². The zero-order valence-electron chi connectivity index (χ0n) is 12.0. The summed E-state index contributed by atoms with van der Waals surface area (Å²) in [6.07, 6.45) is 7.07. The summed E-state index contributed by atoms with van der Waals surface area (Å²) in [5, 5.41) is 1.23. The molecule has 0 aromatic heterocycles. The molecule has 0 saturated carbocycles. The summed E-state index contributed by atoms with van der Waals surface area (Å²) in [5.74, 6) is 0. The van der Waals surface area contributed by atoms with E-state index < -0.39 is 0 Å². The van der Waals surface area contributed by atoms with Crippen molar-refractivity contribution in [3.8, 4) is 0 Å². The summed E-state index contributed by atoms with van der Waals surface area (Å²) < 4.78 is 0. The van der Waals surface area contributed by atoms with Crippen LogP contribution in [-0.4, -0.2) is 0 Å². The average Bonchev–Trinajstić information content (AvgIpc) is 2.32. The number of benzene rings is 1. The molecule has 1 atom stereocenters. The van der Waals surface area contributed by atoms with Crippen LogP contribution in [0.2, 0.25) is 0 Å². The summed E-state index contributed by atoms with van der Waals surface area (Å²) in [6.45, 7) is 14.0. The van der Waals surface area contributed by atoms with E-state index in [4.69, 9.17) is 0 Å². The van der Waals surface area contributed by atoms with E-state index in [0.717, 1.165) is 0 Å². The van der Waals surface area contributed by atoms with Crippen LogP contribution in [0, 0.1) is 6.92 Å². The topological polar surface area (TPSA) is 0 Å². The maximum absolute atomic E-state index is 3.64. The second-order valence-corrected chi connectivity index (χ2v) is 4.00. The molecule has 1 heteroatoms. The zero-order valence-corrected chi connectivity index (χ0v) is 13.1. The molecule has 0 heterocycles. The van der Waals surface area contributed by atoms with Crippen LogP contribution in [0.1, 0.15) is 45.2 Å². The largest absolute Gasteiger partial charge is 0.105 e. The van der Waals surface area contributed by atoms with Gasteiger partial charge in [-0.3, -0.25) is 0 Å². The third-order valence-electron chi connectivity index (χ3n) is 1.76. The van der Waals surface area contributed by atoms with E-state index in [1.54, 1.807) is 6.08 Å². The van der Waals surface area contributed by atoms with Crippen LogP contribution in [0.25, 0.3) is 6.08 Å². The van der Waals surface area contributed by atoms with Gasteiger partial charge >= 0.3 is 0 Å². The zero-order chi connectivity index (χ0) is 13.7. The van der Waals surface area contributed by atoms with E-state index in [9.17, 15) is 0 Å². The first kappa shape index (κ1) is 18.5. The molecule has 0 nitrogen and oxygen atoms in total. The molecule has 0 aliphatic carbocycles. The van der Waals surface area contributed by atoms with Gasteiger partial charge in [-0.25, -0.2) is 0 Å². The lowest BCUT2D eigenvalue weighted by Gasteiger charge is -2.02. The minimum Gasteiger partial charge on any atom is -0.105 e. The lowest BCUT2D eigenvalue weighted by Crippen LogP contribution is -1.97. The molecular formula is C16H27P. The maximum Gasteiger partial charge on any atom is -0.0156 e. The van der Waals surface area contributed by atoms with Crippen LogP contribution >= 0.6 is 9.24 Å². The number of aryl methyl sites for hydroxylation is 1. The van der Waals surface area contributed by atoms with Crippen molar-refractivity contribution in [1.82, 2.24) is 0 Å². The van der Waals surface area contributed by atoms with Gasteiger partial charge in [0.15, 0.2) is 0 Å². The van der Waals surface area contributed by atoms with E-state index in [-0.39, 0.29) is 0 Å². The minimum atomic E-state index is 1.23. The molecule has 1 aromatic carbocycles. The fraction of sp³-hybridized carbons (Fsp3) is 0.375. The highest BCUT2D eigenvalue weighted by molar-refractivity contribution is 7.27. The van der Waals surface area contributed by atoms with E-state index >= 15 is 0 Å². The normalized spacial score (nSPS) is 8.82. The molecule has 0 bridgehead atoms. The summed E-state index contributed by atoms with van der Waals surface area (Å²) >= 11 is 0. The second-order valence-electron chi connectivity index (χ2n) is 3.38. The van der Waals surface area contributed by atoms with Gasteiger partial charge in [0, 0.05) is 0 Å². The molecule has 0 spiro atoms. The molecule has 17 heavy (non-hydrogen) atoms. The highest BCUT2D eigenvalue weighted by Gasteiger charge is 1.95. The molecule has 1 rings (SSSR count). The Labute approximate surface area is 110 Å². The molecule has 1 unspecified atom stereocenters. The van der Waals surface area contributed by atoms with Gasteiger partial charge in [-0.05, 0) is 23.4 Å². The molecule has 0 fully saturated rings. The molecule has 0 aliphatic heterocycles. The van der Waals surface area contributed by atoms with Gasteiger partial charge < -0.3 is 0 Å². The van der Waals surface area contributed by atoms with Gasteiger partial charge in [0.25, 0.3) is 0 Å². The van der Waals surface area contributed by atoms with Crippen molar-refractivity contribution < 1.29 is 0 Å². The Hall–Kier alpha value is -0.870. The van der Waals surface area contributed by atoms with Crippen LogP contribution in [0.4, 0.5) is 0 Å². The van der Waals surface area contributed by atoms with Gasteiger partial charge in [-0.1, -0.05) is 77.1 Å². The van der Waals surface area contributed by atoms with Crippen molar-refractivity contribution in [3.63, 3.8) is 0 Å². The number of rotatable bonds is 2. The Balaban J connectivity index is 0. The highest BCUT2D eigenvalue weighted by atomic mass is 31.0. The van der Waals surface area contributed by atoms with E-state index in [1.807, 2.05) is 19.9 Å². The molecule has 0 N–H and O–H groups in total. The first-order valence-electron chi connectivity index (χ1n) is 6.31. The minimum absolute atomic E-state index is 1.23. The van der Waals surface area contributed by atoms with Crippen molar-refractivity contribution in [2.45, 2.75) is 41.0 Å². The van der Waals surface area contributed by atoms with E-state index in [0.29, 0.717) is 0 Å². The predicted octanol–water partition coefficient (Wildman–Crippen LogP) is 5.14. The molecule has 0 aliphatic rings. The summed E-state index contributed by atoms with van der Waals surface area (Å²) in [5.41, 5.74) is 2.56. The average molecular weight is 250 g/mol.